The van der Waals surface area contributed by atoms with Gasteiger partial charge in [0.05, 0.1) is 16.3 Å². The highest BCUT2D eigenvalue weighted by Crippen LogP contribution is 2.37. The zero-order valence-corrected chi connectivity index (χ0v) is 14.9. The lowest BCUT2D eigenvalue weighted by molar-refractivity contribution is 0.103. The molecule has 1 amide bonds. The van der Waals surface area contributed by atoms with E-state index < -0.39 is 23.4 Å². The number of benzene rings is 1. The third-order valence-corrected chi connectivity index (χ3v) is 5.46. The van der Waals surface area contributed by atoms with Gasteiger partial charge in [-0.1, -0.05) is 15.8 Å². The van der Waals surface area contributed by atoms with Crippen molar-refractivity contribution in [2.45, 2.75) is 20.8 Å². The number of amides is 1. The van der Waals surface area contributed by atoms with Crippen molar-refractivity contribution in [2.75, 3.05) is 5.32 Å². The molecule has 2 heterocycles. The summed E-state index contributed by atoms with van der Waals surface area (Å²) < 4.78 is 44.4. The summed E-state index contributed by atoms with van der Waals surface area (Å²) in [6.07, 6.45) is 0. The second-order valence-corrected chi connectivity index (χ2v) is 6.99. The van der Waals surface area contributed by atoms with Gasteiger partial charge in [0.25, 0.3) is 5.91 Å². The van der Waals surface area contributed by atoms with E-state index in [0.717, 1.165) is 28.9 Å². The van der Waals surface area contributed by atoms with Crippen LogP contribution in [0.2, 0.25) is 0 Å². The van der Waals surface area contributed by atoms with Crippen LogP contribution in [0, 0.1) is 38.2 Å². The molecule has 25 heavy (non-hydrogen) atoms. The monoisotopic (exact) mass is 384 g/mol. The van der Waals surface area contributed by atoms with E-state index in [-0.39, 0.29) is 16.3 Å². The maximum Gasteiger partial charge on any atom is 0.271 e. The third kappa shape index (κ3) is 3.14. The molecule has 0 radical (unpaired) electrons. The molecule has 0 aliphatic carbocycles. The Morgan fingerprint density at radius 3 is 2.48 bits per heavy atom. The number of aryl methyl sites for hydroxylation is 2. The molecular weight excluding hydrogens is 373 g/mol. The van der Waals surface area contributed by atoms with E-state index in [1.165, 1.54) is 6.92 Å². The number of hydrogen-bond donors (Lipinski definition) is 1. The molecule has 0 atom stereocenters. The maximum absolute atomic E-state index is 13.8. The third-order valence-electron chi connectivity index (χ3n) is 3.53. The lowest BCUT2D eigenvalue weighted by Crippen LogP contribution is -2.11. The molecule has 5 nitrogen and oxygen atoms in total. The molecule has 2 aromatic heterocycles. The fraction of sp³-hybridized carbons (Fsp3) is 0.200. The largest absolute Gasteiger partial charge is 0.297 e. The molecule has 1 aromatic carbocycles. The van der Waals surface area contributed by atoms with E-state index in [9.17, 15) is 18.0 Å². The molecule has 130 valence electrons. The van der Waals surface area contributed by atoms with Crippen molar-refractivity contribution in [2.24, 2.45) is 0 Å². The van der Waals surface area contributed by atoms with Gasteiger partial charge in [0.2, 0.25) is 0 Å². The average molecular weight is 384 g/mol. The smallest absolute Gasteiger partial charge is 0.271 e. The molecule has 0 spiro atoms. The summed E-state index contributed by atoms with van der Waals surface area (Å²) in [7, 11) is 0. The Morgan fingerprint density at radius 1 is 1.12 bits per heavy atom. The highest BCUT2D eigenvalue weighted by Gasteiger charge is 2.21. The van der Waals surface area contributed by atoms with Crippen molar-refractivity contribution in [3.05, 3.63) is 45.3 Å². The Bertz CT molecular complexity index is 984. The number of halogens is 3. The van der Waals surface area contributed by atoms with Gasteiger partial charge in [-0.05, 0) is 43.9 Å². The topological polar surface area (TPSA) is 67.8 Å². The van der Waals surface area contributed by atoms with Gasteiger partial charge < -0.3 is 0 Å². The first-order chi connectivity index (χ1) is 11.8. The Morgan fingerprint density at radius 2 is 1.84 bits per heavy atom. The number of rotatable bonds is 3. The molecule has 0 bridgehead atoms. The molecule has 0 fully saturated rings. The summed E-state index contributed by atoms with van der Waals surface area (Å²) in [5.74, 6) is -4.44. The SMILES string of the molecule is Cc1nnsc1C(=O)Nc1nc(C)c(-c2cc(F)c(F)c(F)c2C)s1. The van der Waals surface area contributed by atoms with Crippen LogP contribution in [0.1, 0.15) is 26.6 Å². The van der Waals surface area contributed by atoms with Crippen molar-refractivity contribution < 1.29 is 18.0 Å². The summed E-state index contributed by atoms with van der Waals surface area (Å²) in [5.41, 5.74) is 1.14. The molecule has 0 saturated carbocycles. The summed E-state index contributed by atoms with van der Waals surface area (Å²) in [6.45, 7) is 4.65. The molecule has 10 heteroatoms. The minimum absolute atomic E-state index is 0.0222. The van der Waals surface area contributed by atoms with Crippen LogP contribution in [0.15, 0.2) is 6.07 Å². The predicted molar refractivity (Wildman–Crippen MR) is 89.5 cm³/mol. The zero-order chi connectivity index (χ0) is 18.3. The first-order valence-electron chi connectivity index (χ1n) is 7.01. The van der Waals surface area contributed by atoms with Gasteiger partial charge >= 0.3 is 0 Å². The molecule has 0 aliphatic heterocycles. The van der Waals surface area contributed by atoms with Crippen molar-refractivity contribution in [3.8, 4) is 10.4 Å². The Kier molecular flexibility index (Phi) is 4.56. The highest BCUT2D eigenvalue weighted by molar-refractivity contribution is 7.19. The van der Waals surface area contributed by atoms with E-state index in [2.05, 4.69) is 19.9 Å². The van der Waals surface area contributed by atoms with Crippen LogP contribution in [0.25, 0.3) is 10.4 Å². The number of nitrogens with one attached hydrogen (secondary N) is 1. The molecule has 0 saturated heterocycles. The maximum atomic E-state index is 13.8. The van der Waals surface area contributed by atoms with Crippen molar-refractivity contribution in [1.82, 2.24) is 14.6 Å². The first kappa shape index (κ1) is 17.5. The Hall–Kier alpha value is -2.33. The molecule has 0 aliphatic rings. The highest BCUT2D eigenvalue weighted by atomic mass is 32.1. The van der Waals surface area contributed by atoms with Gasteiger partial charge in [0.1, 0.15) is 4.88 Å². The summed E-state index contributed by atoms with van der Waals surface area (Å²) in [5, 5.41) is 6.63. The Balaban J connectivity index is 1.97. The molecule has 3 rings (SSSR count). The molecule has 3 aromatic rings. The van der Waals surface area contributed by atoms with Gasteiger partial charge in [0.15, 0.2) is 22.6 Å². The molecular formula is C15H11F3N4OS2. The van der Waals surface area contributed by atoms with Crippen LogP contribution in [-0.2, 0) is 0 Å². The van der Waals surface area contributed by atoms with E-state index in [4.69, 9.17) is 0 Å². The van der Waals surface area contributed by atoms with E-state index in [1.807, 2.05) is 0 Å². The Labute approximate surface area is 148 Å². The number of nitrogens with zero attached hydrogens (tertiary/aromatic N) is 3. The number of carbonyl (C=O) groups excluding carboxylic acids is 1. The second-order valence-electron chi connectivity index (χ2n) is 5.23. The number of hydrogen-bond acceptors (Lipinski definition) is 6. The van der Waals surface area contributed by atoms with Gasteiger partial charge in [0, 0.05) is 5.56 Å². The van der Waals surface area contributed by atoms with Gasteiger partial charge in [-0.15, -0.1) is 5.10 Å². The van der Waals surface area contributed by atoms with E-state index in [0.29, 0.717) is 21.1 Å². The van der Waals surface area contributed by atoms with Gasteiger partial charge in [-0.25, -0.2) is 18.2 Å². The van der Waals surface area contributed by atoms with Crippen molar-refractivity contribution in [1.29, 1.82) is 0 Å². The second kappa shape index (κ2) is 6.52. The molecule has 0 unspecified atom stereocenters. The van der Waals surface area contributed by atoms with Crippen molar-refractivity contribution in [3.63, 3.8) is 0 Å². The number of anilines is 1. The minimum atomic E-state index is -1.51. The number of aromatic nitrogens is 3. The number of carbonyl (C=O) groups is 1. The standard InChI is InChI=1S/C15H11F3N4OS2/c1-5-8(4-9(16)11(18)10(5)17)12-6(2)19-15(24-12)20-14(23)13-7(3)21-22-25-13/h4H,1-3H3,(H,19,20,23). The summed E-state index contributed by atoms with van der Waals surface area (Å²) in [6, 6.07) is 0.928. The lowest BCUT2D eigenvalue weighted by atomic mass is 10.1. The van der Waals surface area contributed by atoms with E-state index in [1.54, 1.807) is 13.8 Å². The minimum Gasteiger partial charge on any atom is -0.297 e. The summed E-state index contributed by atoms with van der Waals surface area (Å²) in [4.78, 5) is 17.2. The fourth-order valence-electron chi connectivity index (χ4n) is 2.22. The first-order valence-corrected chi connectivity index (χ1v) is 8.60. The van der Waals surface area contributed by atoms with Crippen LogP contribution in [-0.4, -0.2) is 20.5 Å². The zero-order valence-electron chi connectivity index (χ0n) is 13.3. The van der Waals surface area contributed by atoms with Crippen LogP contribution in [0.5, 0.6) is 0 Å². The normalized spacial score (nSPS) is 11.0. The predicted octanol–water partition coefficient (Wildman–Crippen LogP) is 4.26. The van der Waals surface area contributed by atoms with E-state index >= 15 is 0 Å². The van der Waals surface area contributed by atoms with Gasteiger partial charge in [-0.3, -0.25) is 10.1 Å². The van der Waals surface area contributed by atoms with Crippen LogP contribution in [0.4, 0.5) is 18.3 Å². The van der Waals surface area contributed by atoms with Crippen molar-refractivity contribution >= 4 is 33.9 Å². The lowest BCUT2D eigenvalue weighted by Gasteiger charge is -2.07. The summed E-state index contributed by atoms with van der Waals surface area (Å²) >= 11 is 2.00. The van der Waals surface area contributed by atoms with Crippen LogP contribution < -0.4 is 5.32 Å². The number of thiazole rings is 1. The van der Waals surface area contributed by atoms with Crippen LogP contribution >= 0.6 is 22.9 Å². The average Bonchev–Trinajstić information content (AvgIpc) is 3.14. The quantitative estimate of drug-likeness (QED) is 0.686. The van der Waals surface area contributed by atoms with Gasteiger partial charge in [-0.2, -0.15) is 0 Å². The van der Waals surface area contributed by atoms with Crippen LogP contribution in [0.3, 0.4) is 0 Å². The molecule has 1 N–H and O–H groups in total. The fourth-order valence-corrected chi connectivity index (χ4v) is 3.80.